The molecule has 2 N–H and O–H groups in total. The number of amides is 3. The topological polar surface area (TPSA) is 81.8 Å². The molecule has 1 aliphatic heterocycles. The van der Waals surface area contributed by atoms with Crippen molar-refractivity contribution in [3.05, 3.63) is 65.7 Å². The van der Waals surface area contributed by atoms with Crippen molar-refractivity contribution >= 4 is 23.4 Å². The van der Waals surface area contributed by atoms with Crippen LogP contribution in [0.4, 0.5) is 5.69 Å². The van der Waals surface area contributed by atoms with E-state index < -0.39 is 6.04 Å². The highest BCUT2D eigenvalue weighted by Gasteiger charge is 2.32. The molecule has 164 valence electrons. The van der Waals surface area contributed by atoms with Crippen molar-refractivity contribution in [1.29, 1.82) is 0 Å². The van der Waals surface area contributed by atoms with E-state index in [2.05, 4.69) is 10.6 Å². The summed E-state index contributed by atoms with van der Waals surface area (Å²) in [6.45, 7) is 1.18. The molecule has 3 rings (SSSR count). The fourth-order valence-corrected chi connectivity index (χ4v) is 3.74. The first-order chi connectivity index (χ1) is 14.9. The van der Waals surface area contributed by atoms with Crippen molar-refractivity contribution in [2.75, 3.05) is 32.5 Å². The number of hydrogen-bond acceptors (Lipinski definition) is 4. The lowest BCUT2D eigenvalue weighted by Gasteiger charge is -2.34. The minimum atomic E-state index is -0.642. The summed E-state index contributed by atoms with van der Waals surface area (Å²) in [5, 5.41) is 5.84. The largest absolute Gasteiger partial charge is 0.350 e. The van der Waals surface area contributed by atoms with Gasteiger partial charge in [0.1, 0.15) is 6.04 Å². The van der Waals surface area contributed by atoms with Crippen LogP contribution in [0, 0.1) is 0 Å². The molecule has 0 aromatic heterocycles. The molecule has 2 aromatic carbocycles. The molecule has 2 aromatic rings. The zero-order valence-electron chi connectivity index (χ0n) is 18.1. The Bertz CT molecular complexity index is 914. The maximum Gasteiger partial charge on any atom is 0.247 e. The summed E-state index contributed by atoms with van der Waals surface area (Å²) in [7, 11) is 3.67. The summed E-state index contributed by atoms with van der Waals surface area (Å²) in [6.07, 6.45) is 2.24. The molecule has 3 amide bonds. The van der Waals surface area contributed by atoms with Gasteiger partial charge in [-0.15, -0.1) is 0 Å². The monoisotopic (exact) mass is 422 g/mol. The predicted octanol–water partition coefficient (Wildman–Crippen LogP) is 2.56. The van der Waals surface area contributed by atoms with Gasteiger partial charge in [-0.1, -0.05) is 42.5 Å². The van der Waals surface area contributed by atoms with Crippen LogP contribution in [0.5, 0.6) is 0 Å². The maximum atomic E-state index is 13.2. The second-order valence-electron chi connectivity index (χ2n) is 8.06. The van der Waals surface area contributed by atoms with Crippen molar-refractivity contribution in [3.8, 4) is 0 Å². The lowest BCUT2D eigenvalue weighted by atomic mass is 10.0. The van der Waals surface area contributed by atoms with Gasteiger partial charge in [-0.05, 0) is 50.2 Å². The minimum absolute atomic E-state index is 0.0147. The molecule has 1 atom stereocenters. The zero-order valence-corrected chi connectivity index (χ0v) is 18.1. The molecular formula is C24H30N4O3. The Labute approximate surface area is 183 Å². The van der Waals surface area contributed by atoms with Crippen molar-refractivity contribution < 1.29 is 14.4 Å². The molecule has 1 aliphatic rings. The molecule has 31 heavy (non-hydrogen) atoms. The molecule has 7 nitrogen and oxygen atoms in total. The lowest BCUT2D eigenvalue weighted by Crippen LogP contribution is -2.45. The van der Waals surface area contributed by atoms with Crippen LogP contribution in [0.2, 0.25) is 0 Å². The second-order valence-corrected chi connectivity index (χ2v) is 8.06. The van der Waals surface area contributed by atoms with E-state index in [1.165, 1.54) is 0 Å². The Balaban J connectivity index is 1.69. The average Bonchev–Trinajstić information content (AvgIpc) is 2.74. The van der Waals surface area contributed by atoms with Crippen LogP contribution in [0.1, 0.15) is 36.4 Å². The SMILES string of the molecule is CN(C)CC(=O)Nc1cccc(CNC(=O)C(c2ccccc2)N2CCCCC2=O)c1. The van der Waals surface area contributed by atoms with Crippen LogP contribution in [0.3, 0.4) is 0 Å². The van der Waals surface area contributed by atoms with Crippen LogP contribution >= 0.6 is 0 Å². The van der Waals surface area contributed by atoms with Crippen molar-refractivity contribution in [3.63, 3.8) is 0 Å². The quantitative estimate of drug-likeness (QED) is 0.685. The number of anilines is 1. The van der Waals surface area contributed by atoms with Gasteiger partial charge in [0.2, 0.25) is 17.7 Å². The number of nitrogens with zero attached hydrogens (tertiary/aromatic N) is 2. The van der Waals surface area contributed by atoms with Gasteiger partial charge in [0, 0.05) is 25.2 Å². The van der Waals surface area contributed by atoms with Gasteiger partial charge in [0.25, 0.3) is 0 Å². The Morgan fingerprint density at radius 1 is 1.06 bits per heavy atom. The predicted molar refractivity (Wildman–Crippen MR) is 120 cm³/mol. The second kappa shape index (κ2) is 10.7. The minimum Gasteiger partial charge on any atom is -0.350 e. The highest BCUT2D eigenvalue weighted by Crippen LogP contribution is 2.26. The first-order valence-electron chi connectivity index (χ1n) is 10.6. The van der Waals surface area contributed by atoms with Crippen LogP contribution in [-0.2, 0) is 20.9 Å². The van der Waals surface area contributed by atoms with Gasteiger partial charge < -0.3 is 20.4 Å². The number of likely N-dealkylation sites (tertiary alicyclic amines) is 1. The highest BCUT2D eigenvalue weighted by atomic mass is 16.2. The summed E-state index contributed by atoms with van der Waals surface area (Å²) in [5.41, 5.74) is 2.36. The number of hydrogen-bond donors (Lipinski definition) is 2. The maximum absolute atomic E-state index is 13.2. The number of nitrogens with one attached hydrogen (secondary N) is 2. The number of rotatable bonds is 8. The number of carbonyl (C=O) groups is 3. The molecule has 0 radical (unpaired) electrons. The third-order valence-electron chi connectivity index (χ3n) is 5.17. The first kappa shape index (κ1) is 22.5. The van der Waals surface area contributed by atoms with Crippen LogP contribution < -0.4 is 10.6 Å². The molecular weight excluding hydrogens is 392 g/mol. The van der Waals surface area contributed by atoms with Gasteiger partial charge in [-0.25, -0.2) is 0 Å². The van der Waals surface area contributed by atoms with Crippen LogP contribution in [0.25, 0.3) is 0 Å². The fourth-order valence-electron chi connectivity index (χ4n) is 3.74. The number of carbonyl (C=O) groups excluding carboxylic acids is 3. The molecule has 1 saturated heterocycles. The van der Waals surface area contributed by atoms with Crippen LogP contribution in [-0.4, -0.2) is 54.7 Å². The van der Waals surface area contributed by atoms with Crippen molar-refractivity contribution in [1.82, 2.24) is 15.1 Å². The summed E-state index contributed by atoms with van der Waals surface area (Å²) in [4.78, 5) is 41.2. The van der Waals surface area contributed by atoms with Gasteiger partial charge in [0.15, 0.2) is 0 Å². The van der Waals surface area contributed by atoms with E-state index in [-0.39, 0.29) is 17.7 Å². The molecule has 1 heterocycles. The Kier molecular flexibility index (Phi) is 7.78. The van der Waals surface area contributed by atoms with Crippen molar-refractivity contribution in [2.45, 2.75) is 31.8 Å². The molecule has 0 spiro atoms. The number of piperidine rings is 1. The van der Waals surface area contributed by atoms with E-state index in [0.29, 0.717) is 31.7 Å². The Morgan fingerprint density at radius 3 is 2.55 bits per heavy atom. The molecule has 0 aliphatic carbocycles. The summed E-state index contributed by atoms with van der Waals surface area (Å²) in [5.74, 6) is -0.289. The third kappa shape index (κ3) is 6.39. The third-order valence-corrected chi connectivity index (χ3v) is 5.17. The van der Waals surface area contributed by atoms with E-state index in [4.69, 9.17) is 0 Å². The number of likely N-dealkylation sites (N-methyl/N-ethyl adjacent to an activating group) is 1. The normalized spacial score (nSPS) is 14.9. The van der Waals surface area contributed by atoms with Gasteiger partial charge in [0.05, 0.1) is 6.54 Å². The fraction of sp³-hybridized carbons (Fsp3) is 0.375. The molecule has 1 unspecified atom stereocenters. The van der Waals surface area contributed by atoms with Gasteiger partial charge in [-0.3, -0.25) is 14.4 Å². The first-order valence-corrected chi connectivity index (χ1v) is 10.6. The Hall–Kier alpha value is -3.19. The summed E-state index contributed by atoms with van der Waals surface area (Å²) < 4.78 is 0. The summed E-state index contributed by atoms with van der Waals surface area (Å²) in [6, 6.07) is 16.2. The average molecular weight is 423 g/mol. The van der Waals surface area contributed by atoms with E-state index in [1.54, 1.807) is 9.80 Å². The summed E-state index contributed by atoms with van der Waals surface area (Å²) >= 11 is 0. The molecule has 1 fully saturated rings. The molecule has 7 heteroatoms. The number of benzene rings is 2. The lowest BCUT2D eigenvalue weighted by molar-refractivity contribution is -0.142. The van der Waals surface area contributed by atoms with E-state index in [9.17, 15) is 14.4 Å². The van der Waals surface area contributed by atoms with Crippen molar-refractivity contribution in [2.24, 2.45) is 0 Å². The molecule has 0 bridgehead atoms. The zero-order chi connectivity index (χ0) is 22.2. The van der Waals surface area contributed by atoms with E-state index in [1.807, 2.05) is 68.7 Å². The van der Waals surface area contributed by atoms with Crippen LogP contribution in [0.15, 0.2) is 54.6 Å². The van der Waals surface area contributed by atoms with Gasteiger partial charge >= 0.3 is 0 Å². The van der Waals surface area contributed by atoms with E-state index in [0.717, 1.165) is 24.0 Å². The Morgan fingerprint density at radius 2 is 1.84 bits per heavy atom. The standard InChI is InChI=1S/C24H30N4O3/c1-27(2)17-21(29)26-20-12-8-9-18(15-20)16-25-24(31)23(19-10-4-3-5-11-19)28-14-7-6-13-22(28)30/h3-5,8-12,15,23H,6-7,13-14,16-17H2,1-2H3,(H,25,31)(H,26,29). The van der Waals surface area contributed by atoms with Gasteiger partial charge in [-0.2, -0.15) is 0 Å². The molecule has 0 saturated carbocycles. The highest BCUT2D eigenvalue weighted by molar-refractivity contribution is 5.92. The smallest absolute Gasteiger partial charge is 0.247 e. The van der Waals surface area contributed by atoms with E-state index >= 15 is 0 Å².